The molecule has 0 radical (unpaired) electrons. The Bertz CT molecular complexity index is 568. The molecule has 2 rings (SSSR count). The summed E-state index contributed by atoms with van der Waals surface area (Å²) in [5.41, 5.74) is 1.48. The number of amides is 1. The predicted octanol–water partition coefficient (Wildman–Crippen LogP) is 1.39. The zero-order chi connectivity index (χ0) is 15.2. The number of para-hydroxylation sites is 2. The number of oxazole rings is 1. The number of methoxy groups -OCH3 is 1. The zero-order valence-corrected chi connectivity index (χ0v) is 12.8. The summed E-state index contributed by atoms with van der Waals surface area (Å²) in [6, 6.07) is 7.45. The molecule has 0 spiro atoms. The van der Waals surface area contributed by atoms with Crippen LogP contribution in [0.1, 0.15) is 0 Å². The Balaban J connectivity index is 1.85. The maximum atomic E-state index is 12.0. The number of likely N-dealkylation sites (N-methyl/N-ethyl adjacent to an activating group) is 1. The first-order valence-corrected chi connectivity index (χ1v) is 7.48. The van der Waals surface area contributed by atoms with E-state index < -0.39 is 6.10 Å². The topological polar surface area (TPSA) is 75.8 Å². The maximum Gasteiger partial charge on any atom is 0.257 e. The first kappa shape index (κ1) is 15.8. The number of thioether (sulfide) groups is 1. The van der Waals surface area contributed by atoms with Gasteiger partial charge < -0.3 is 19.2 Å². The number of fused-ring (bicyclic) bond motifs is 1. The SMILES string of the molecule is COCC(O)CN(C)C(=O)CSc1nc2ccccc2o1. The first-order valence-electron chi connectivity index (χ1n) is 6.49. The highest BCUT2D eigenvalue weighted by atomic mass is 32.2. The molecule has 1 amide bonds. The fourth-order valence-corrected chi connectivity index (χ4v) is 2.59. The standard InChI is InChI=1S/C14H18N2O4S/c1-16(7-10(17)8-19-2)13(18)9-21-14-15-11-5-3-4-6-12(11)20-14/h3-6,10,17H,7-9H2,1-2H3. The van der Waals surface area contributed by atoms with Crippen LogP contribution in [0.4, 0.5) is 0 Å². The summed E-state index contributed by atoms with van der Waals surface area (Å²) in [4.78, 5) is 17.7. The highest BCUT2D eigenvalue weighted by Gasteiger charge is 2.15. The number of carbonyl (C=O) groups is 1. The van der Waals surface area contributed by atoms with Gasteiger partial charge in [-0.2, -0.15) is 0 Å². The van der Waals surface area contributed by atoms with Crippen LogP contribution in [0.15, 0.2) is 33.9 Å². The fraction of sp³-hybridized carbons (Fsp3) is 0.429. The Hall–Kier alpha value is -1.57. The summed E-state index contributed by atoms with van der Waals surface area (Å²) in [6.07, 6.45) is -0.682. The van der Waals surface area contributed by atoms with Crippen molar-refractivity contribution in [1.29, 1.82) is 0 Å². The molecule has 21 heavy (non-hydrogen) atoms. The van der Waals surface area contributed by atoms with Crippen molar-refractivity contribution >= 4 is 28.8 Å². The smallest absolute Gasteiger partial charge is 0.257 e. The number of benzene rings is 1. The lowest BCUT2D eigenvalue weighted by Crippen LogP contribution is -2.37. The van der Waals surface area contributed by atoms with Gasteiger partial charge in [0.05, 0.1) is 18.5 Å². The molecule has 0 saturated carbocycles. The Labute approximate surface area is 127 Å². The third kappa shape index (κ3) is 4.45. The molecule has 0 aliphatic rings. The van der Waals surface area contributed by atoms with Crippen molar-refractivity contribution in [3.63, 3.8) is 0 Å². The highest BCUT2D eigenvalue weighted by Crippen LogP contribution is 2.23. The second-order valence-corrected chi connectivity index (χ2v) is 5.55. The lowest BCUT2D eigenvalue weighted by Gasteiger charge is -2.19. The molecule has 0 fully saturated rings. The fourth-order valence-electron chi connectivity index (χ4n) is 1.81. The van der Waals surface area contributed by atoms with Crippen LogP contribution in [0, 0.1) is 0 Å². The van der Waals surface area contributed by atoms with E-state index in [4.69, 9.17) is 9.15 Å². The average Bonchev–Trinajstić information content (AvgIpc) is 2.87. The molecule has 6 nitrogen and oxygen atoms in total. The zero-order valence-electron chi connectivity index (χ0n) is 12.0. The largest absolute Gasteiger partial charge is 0.431 e. The molecule has 0 saturated heterocycles. The number of carbonyl (C=O) groups excluding carboxylic acids is 1. The maximum absolute atomic E-state index is 12.0. The van der Waals surface area contributed by atoms with Gasteiger partial charge >= 0.3 is 0 Å². The Morgan fingerprint density at radius 2 is 2.29 bits per heavy atom. The van der Waals surface area contributed by atoms with E-state index >= 15 is 0 Å². The molecule has 1 aromatic heterocycles. The molecule has 2 aromatic rings. The van der Waals surface area contributed by atoms with E-state index in [1.165, 1.54) is 23.8 Å². The number of nitrogens with zero attached hydrogens (tertiary/aromatic N) is 2. The van der Waals surface area contributed by atoms with Gasteiger partial charge in [-0.25, -0.2) is 4.98 Å². The quantitative estimate of drug-likeness (QED) is 0.779. The van der Waals surface area contributed by atoms with E-state index in [0.717, 1.165) is 5.52 Å². The van der Waals surface area contributed by atoms with Gasteiger partial charge in [0.15, 0.2) is 5.58 Å². The van der Waals surface area contributed by atoms with Gasteiger partial charge in [-0.15, -0.1) is 0 Å². The normalized spacial score (nSPS) is 12.5. The third-order valence-electron chi connectivity index (χ3n) is 2.86. The van der Waals surface area contributed by atoms with Crippen molar-refractivity contribution in [3.8, 4) is 0 Å². The van der Waals surface area contributed by atoms with Gasteiger partial charge in [-0.05, 0) is 12.1 Å². The minimum Gasteiger partial charge on any atom is -0.431 e. The van der Waals surface area contributed by atoms with Crippen LogP contribution >= 0.6 is 11.8 Å². The molecule has 0 bridgehead atoms. The number of hydrogen-bond acceptors (Lipinski definition) is 6. The lowest BCUT2D eigenvalue weighted by molar-refractivity contribution is -0.128. The van der Waals surface area contributed by atoms with E-state index in [9.17, 15) is 9.90 Å². The Morgan fingerprint density at radius 3 is 3.00 bits per heavy atom. The van der Waals surface area contributed by atoms with Crippen LogP contribution in [0.2, 0.25) is 0 Å². The van der Waals surface area contributed by atoms with Crippen LogP contribution in [0.25, 0.3) is 11.1 Å². The molecule has 1 aromatic carbocycles. The van der Waals surface area contributed by atoms with Crippen LogP contribution in [0.5, 0.6) is 0 Å². The number of rotatable bonds is 7. The number of aromatic nitrogens is 1. The Kier molecular flexibility index (Phi) is 5.60. The van der Waals surface area contributed by atoms with Crippen molar-refractivity contribution in [1.82, 2.24) is 9.88 Å². The van der Waals surface area contributed by atoms with Crippen molar-refractivity contribution in [2.75, 3.05) is 33.1 Å². The van der Waals surface area contributed by atoms with E-state index in [0.29, 0.717) is 10.8 Å². The van der Waals surface area contributed by atoms with Gasteiger partial charge in [0, 0.05) is 20.7 Å². The van der Waals surface area contributed by atoms with Crippen molar-refractivity contribution in [2.24, 2.45) is 0 Å². The molecule has 1 N–H and O–H groups in total. The van der Waals surface area contributed by atoms with Gasteiger partial charge in [0.2, 0.25) is 5.91 Å². The summed E-state index contributed by atoms with van der Waals surface area (Å²) in [5, 5.41) is 10.1. The van der Waals surface area contributed by atoms with Gasteiger partial charge in [0.1, 0.15) is 5.52 Å². The molecule has 0 aliphatic heterocycles. The minimum absolute atomic E-state index is 0.0996. The monoisotopic (exact) mass is 310 g/mol. The van der Waals surface area contributed by atoms with Gasteiger partial charge in [-0.1, -0.05) is 23.9 Å². The number of hydrogen-bond donors (Lipinski definition) is 1. The van der Waals surface area contributed by atoms with Crippen molar-refractivity contribution in [2.45, 2.75) is 11.3 Å². The number of ether oxygens (including phenoxy) is 1. The molecule has 0 aliphatic carbocycles. The van der Waals surface area contributed by atoms with Crippen molar-refractivity contribution in [3.05, 3.63) is 24.3 Å². The summed E-state index contributed by atoms with van der Waals surface area (Å²) in [5.74, 6) is 0.112. The average molecular weight is 310 g/mol. The summed E-state index contributed by atoms with van der Waals surface area (Å²) >= 11 is 1.24. The van der Waals surface area contributed by atoms with E-state index in [-0.39, 0.29) is 24.8 Å². The third-order valence-corrected chi connectivity index (χ3v) is 3.68. The molecule has 114 valence electrons. The molecule has 1 atom stereocenters. The summed E-state index contributed by atoms with van der Waals surface area (Å²) in [7, 11) is 3.15. The van der Waals surface area contributed by atoms with Crippen LogP contribution in [-0.4, -0.2) is 60.1 Å². The summed E-state index contributed by atoms with van der Waals surface area (Å²) in [6.45, 7) is 0.441. The van der Waals surface area contributed by atoms with E-state index in [1.54, 1.807) is 7.05 Å². The van der Waals surface area contributed by atoms with Gasteiger partial charge in [-0.3, -0.25) is 4.79 Å². The first-order chi connectivity index (χ1) is 10.1. The molecule has 1 heterocycles. The number of aliphatic hydroxyl groups excluding tert-OH is 1. The molecular weight excluding hydrogens is 292 g/mol. The van der Waals surface area contributed by atoms with Crippen LogP contribution in [-0.2, 0) is 9.53 Å². The minimum atomic E-state index is -0.682. The second kappa shape index (κ2) is 7.44. The summed E-state index contributed by atoms with van der Waals surface area (Å²) < 4.78 is 10.4. The highest BCUT2D eigenvalue weighted by molar-refractivity contribution is 7.99. The Morgan fingerprint density at radius 1 is 1.52 bits per heavy atom. The molecular formula is C14H18N2O4S. The van der Waals surface area contributed by atoms with Gasteiger partial charge in [0.25, 0.3) is 5.22 Å². The number of aliphatic hydroxyl groups is 1. The van der Waals surface area contributed by atoms with Crippen molar-refractivity contribution < 1.29 is 19.1 Å². The van der Waals surface area contributed by atoms with E-state index in [1.807, 2.05) is 24.3 Å². The van der Waals surface area contributed by atoms with Crippen LogP contribution < -0.4 is 0 Å². The van der Waals surface area contributed by atoms with Crippen LogP contribution in [0.3, 0.4) is 0 Å². The lowest BCUT2D eigenvalue weighted by atomic mass is 10.3. The van der Waals surface area contributed by atoms with E-state index in [2.05, 4.69) is 4.98 Å². The predicted molar refractivity (Wildman–Crippen MR) is 80.3 cm³/mol. The molecule has 1 unspecified atom stereocenters. The molecule has 7 heteroatoms. The second-order valence-electron chi connectivity index (χ2n) is 4.62.